The molecule has 0 aliphatic heterocycles. The lowest BCUT2D eigenvalue weighted by molar-refractivity contribution is 0.0458. The average Bonchev–Trinajstić information content (AvgIpc) is 2.29. The largest absolute Gasteiger partial charge is 0.462 e. The second-order valence-electron chi connectivity index (χ2n) is 4.40. The van der Waals surface area contributed by atoms with Gasteiger partial charge in [-0.3, -0.25) is 0 Å². The Morgan fingerprint density at radius 1 is 1.45 bits per heavy atom. The number of benzene rings is 1. The van der Waals surface area contributed by atoms with Gasteiger partial charge in [0.05, 0.1) is 17.2 Å². The third kappa shape index (κ3) is 3.65. The Morgan fingerprint density at radius 2 is 2.00 bits per heavy atom. The van der Waals surface area contributed by atoms with E-state index in [2.05, 4.69) is 0 Å². The molecule has 20 heavy (non-hydrogen) atoms. The first kappa shape index (κ1) is 16.8. The maximum atomic E-state index is 13.4. The highest BCUT2D eigenvalue weighted by Gasteiger charge is 2.28. The minimum Gasteiger partial charge on any atom is -0.462 e. The molecule has 0 heterocycles. The van der Waals surface area contributed by atoms with Gasteiger partial charge in [0.15, 0.2) is 11.6 Å². The minimum absolute atomic E-state index is 0.000678. The molecule has 5 nitrogen and oxygen atoms in total. The Hall–Kier alpha value is -1.25. The maximum Gasteiger partial charge on any atom is 0.339 e. The van der Waals surface area contributed by atoms with Crippen molar-refractivity contribution in [1.82, 2.24) is 0 Å². The Kier molecular flexibility index (Phi) is 5.06. The van der Waals surface area contributed by atoms with Gasteiger partial charge in [-0.1, -0.05) is 25.4 Å². The average molecular weight is 328 g/mol. The fourth-order valence-corrected chi connectivity index (χ4v) is 2.54. The Bertz CT molecular complexity index is 646. The number of hydrogen-bond acceptors (Lipinski definition) is 4. The number of nitrogens with two attached hydrogens (primary N) is 1. The number of esters is 1. The summed E-state index contributed by atoms with van der Waals surface area (Å²) >= 11 is 5.61. The normalized spacial score (nSPS) is 11.8. The maximum absolute atomic E-state index is 13.4. The summed E-state index contributed by atoms with van der Waals surface area (Å²) in [5.41, 5.74) is -0.602. The standard InChI is InChI=1S/C11H12ClF2NO4S/c1-5(2)4-19-11(16)6-3-7(13)9(14)10(8(6)12)20(15,17)18/h3,5H,4H2,1-2H3,(H2,15,17,18). The molecule has 1 aromatic rings. The lowest BCUT2D eigenvalue weighted by atomic mass is 10.2. The fraction of sp³-hybridized carbons (Fsp3) is 0.364. The van der Waals surface area contributed by atoms with Crippen LogP contribution in [0.5, 0.6) is 0 Å². The highest BCUT2D eigenvalue weighted by Crippen LogP contribution is 2.30. The van der Waals surface area contributed by atoms with Gasteiger partial charge in [0.2, 0.25) is 10.0 Å². The number of hydrogen-bond donors (Lipinski definition) is 1. The number of rotatable bonds is 4. The van der Waals surface area contributed by atoms with Gasteiger partial charge >= 0.3 is 5.97 Å². The minimum atomic E-state index is -4.63. The third-order valence-electron chi connectivity index (χ3n) is 2.17. The number of primary sulfonamides is 1. The molecule has 2 N–H and O–H groups in total. The SMILES string of the molecule is CC(C)COC(=O)c1cc(F)c(F)c(S(N)(=O)=O)c1Cl. The summed E-state index contributed by atoms with van der Waals surface area (Å²) in [5, 5.41) is 3.94. The molecule has 0 aliphatic carbocycles. The van der Waals surface area contributed by atoms with Crippen LogP contribution in [0.15, 0.2) is 11.0 Å². The third-order valence-corrected chi connectivity index (χ3v) is 3.63. The second-order valence-corrected chi connectivity index (χ2v) is 6.28. The Balaban J connectivity index is 3.37. The van der Waals surface area contributed by atoms with Gasteiger partial charge in [0, 0.05) is 0 Å². The molecule has 1 rings (SSSR count). The van der Waals surface area contributed by atoms with Gasteiger partial charge in [0.1, 0.15) is 4.90 Å². The molecule has 1 aromatic carbocycles. The molecule has 0 saturated carbocycles. The summed E-state index contributed by atoms with van der Waals surface area (Å²) in [6, 6.07) is 0.467. The van der Waals surface area contributed by atoms with Crippen LogP contribution in [0.1, 0.15) is 24.2 Å². The van der Waals surface area contributed by atoms with Crippen LogP contribution >= 0.6 is 11.6 Å². The van der Waals surface area contributed by atoms with E-state index in [0.717, 1.165) is 0 Å². The molecule has 0 unspecified atom stereocenters. The zero-order chi connectivity index (χ0) is 15.7. The zero-order valence-corrected chi connectivity index (χ0v) is 12.2. The van der Waals surface area contributed by atoms with Crippen LogP contribution in [-0.2, 0) is 14.8 Å². The van der Waals surface area contributed by atoms with E-state index in [9.17, 15) is 22.0 Å². The number of carbonyl (C=O) groups is 1. The van der Waals surface area contributed by atoms with Crippen LogP contribution in [0, 0.1) is 17.6 Å². The summed E-state index contributed by atoms with van der Waals surface area (Å²) in [6.45, 7) is 3.53. The van der Waals surface area contributed by atoms with Crippen molar-refractivity contribution in [3.8, 4) is 0 Å². The molecule has 0 fully saturated rings. The van der Waals surface area contributed by atoms with Crippen LogP contribution in [0.4, 0.5) is 8.78 Å². The number of ether oxygens (including phenoxy) is 1. The highest BCUT2D eigenvalue weighted by molar-refractivity contribution is 7.89. The van der Waals surface area contributed by atoms with Crippen molar-refractivity contribution in [3.63, 3.8) is 0 Å². The van der Waals surface area contributed by atoms with E-state index in [1.54, 1.807) is 13.8 Å². The van der Waals surface area contributed by atoms with Crippen LogP contribution in [0.25, 0.3) is 0 Å². The Morgan fingerprint density at radius 3 is 2.45 bits per heavy atom. The van der Waals surface area contributed by atoms with E-state index >= 15 is 0 Å². The molecule has 0 atom stereocenters. The zero-order valence-electron chi connectivity index (χ0n) is 10.6. The van der Waals surface area contributed by atoms with E-state index < -0.39 is 43.1 Å². The number of carbonyl (C=O) groups excluding carboxylic acids is 1. The van der Waals surface area contributed by atoms with Crippen molar-refractivity contribution in [3.05, 3.63) is 28.3 Å². The summed E-state index contributed by atoms with van der Waals surface area (Å²) in [5.74, 6) is -4.36. The summed E-state index contributed by atoms with van der Waals surface area (Å²) < 4.78 is 54.0. The molecule has 112 valence electrons. The lowest BCUT2D eigenvalue weighted by Gasteiger charge is -2.11. The van der Waals surface area contributed by atoms with Crippen LogP contribution < -0.4 is 5.14 Å². The topological polar surface area (TPSA) is 86.5 Å². The van der Waals surface area contributed by atoms with Crippen molar-refractivity contribution in [2.45, 2.75) is 18.7 Å². The van der Waals surface area contributed by atoms with E-state index in [4.69, 9.17) is 21.5 Å². The van der Waals surface area contributed by atoms with E-state index in [1.807, 2.05) is 0 Å². The lowest BCUT2D eigenvalue weighted by Crippen LogP contribution is -2.19. The van der Waals surface area contributed by atoms with Crippen LogP contribution in [-0.4, -0.2) is 21.0 Å². The monoisotopic (exact) mass is 327 g/mol. The van der Waals surface area contributed by atoms with Crippen LogP contribution in [0.3, 0.4) is 0 Å². The summed E-state index contributed by atoms with van der Waals surface area (Å²) in [6.07, 6.45) is 0. The first-order valence-electron chi connectivity index (χ1n) is 5.43. The van der Waals surface area contributed by atoms with Gasteiger partial charge < -0.3 is 4.74 Å². The first-order valence-corrected chi connectivity index (χ1v) is 7.35. The molecule has 0 bridgehead atoms. The summed E-state index contributed by atoms with van der Waals surface area (Å²) in [4.78, 5) is 10.4. The highest BCUT2D eigenvalue weighted by atomic mass is 35.5. The van der Waals surface area contributed by atoms with E-state index in [0.29, 0.717) is 6.07 Å². The van der Waals surface area contributed by atoms with Gasteiger partial charge in [-0.05, 0) is 12.0 Å². The molecule has 0 saturated heterocycles. The van der Waals surface area contributed by atoms with Crippen molar-refractivity contribution >= 4 is 27.6 Å². The molecular formula is C11H12ClF2NO4S. The van der Waals surface area contributed by atoms with Gasteiger partial charge in [-0.2, -0.15) is 0 Å². The second kappa shape index (κ2) is 6.02. The molecule has 9 heteroatoms. The van der Waals surface area contributed by atoms with E-state index in [-0.39, 0.29) is 12.5 Å². The smallest absolute Gasteiger partial charge is 0.339 e. The van der Waals surface area contributed by atoms with Crippen molar-refractivity contribution < 1.29 is 26.7 Å². The molecule has 0 amide bonds. The molecule has 0 aliphatic rings. The fourth-order valence-electron chi connectivity index (χ4n) is 1.30. The molecular weight excluding hydrogens is 316 g/mol. The molecule has 0 radical (unpaired) electrons. The van der Waals surface area contributed by atoms with E-state index in [1.165, 1.54) is 0 Å². The van der Waals surface area contributed by atoms with Crippen molar-refractivity contribution in [2.24, 2.45) is 11.1 Å². The summed E-state index contributed by atoms with van der Waals surface area (Å²) in [7, 11) is -4.63. The molecule has 0 aromatic heterocycles. The predicted octanol–water partition coefficient (Wildman–Crippen LogP) is 2.08. The van der Waals surface area contributed by atoms with Crippen molar-refractivity contribution in [1.29, 1.82) is 0 Å². The Labute approximate surface area is 119 Å². The quantitative estimate of drug-likeness (QED) is 0.677. The van der Waals surface area contributed by atoms with Gasteiger partial charge in [-0.25, -0.2) is 27.1 Å². The van der Waals surface area contributed by atoms with Gasteiger partial charge in [0.25, 0.3) is 0 Å². The van der Waals surface area contributed by atoms with Crippen molar-refractivity contribution in [2.75, 3.05) is 6.61 Å². The van der Waals surface area contributed by atoms with Gasteiger partial charge in [-0.15, -0.1) is 0 Å². The van der Waals surface area contributed by atoms with Crippen LogP contribution in [0.2, 0.25) is 5.02 Å². The molecule has 0 spiro atoms. The number of sulfonamides is 1. The predicted molar refractivity (Wildman–Crippen MR) is 67.9 cm³/mol. The number of halogens is 3. The first-order chi connectivity index (χ1) is 9.05.